The minimum Gasteiger partial charge on any atom is -0.383 e. The monoisotopic (exact) mass is 320 g/mol. The Bertz CT molecular complexity index is 570. The summed E-state index contributed by atoms with van der Waals surface area (Å²) in [6.45, 7) is 4.65. The summed E-state index contributed by atoms with van der Waals surface area (Å²) in [5.74, 6) is -0.673. The maximum absolute atomic E-state index is 12.1. The van der Waals surface area contributed by atoms with Gasteiger partial charge < -0.3 is 15.4 Å². The van der Waals surface area contributed by atoms with Gasteiger partial charge in [-0.1, -0.05) is 12.1 Å². The van der Waals surface area contributed by atoms with Crippen molar-refractivity contribution in [3.8, 4) is 0 Å². The fourth-order valence-electron chi connectivity index (χ4n) is 1.91. The van der Waals surface area contributed by atoms with Crippen molar-refractivity contribution in [1.29, 1.82) is 0 Å². The summed E-state index contributed by atoms with van der Waals surface area (Å²) >= 11 is 0. The number of ketones is 1. The summed E-state index contributed by atoms with van der Waals surface area (Å²) in [4.78, 5) is 35.1. The highest BCUT2D eigenvalue weighted by molar-refractivity contribution is 5.98. The van der Waals surface area contributed by atoms with Crippen LogP contribution in [0, 0.1) is 13.8 Å². The Morgan fingerprint density at radius 1 is 1.00 bits per heavy atom. The van der Waals surface area contributed by atoms with Gasteiger partial charge in [-0.15, -0.1) is 0 Å². The lowest BCUT2D eigenvalue weighted by Crippen LogP contribution is -2.38. The van der Waals surface area contributed by atoms with E-state index in [9.17, 15) is 14.4 Å². The van der Waals surface area contributed by atoms with Gasteiger partial charge in [0.2, 0.25) is 11.8 Å². The van der Waals surface area contributed by atoms with Crippen molar-refractivity contribution in [2.75, 3.05) is 26.8 Å². The van der Waals surface area contributed by atoms with Crippen LogP contribution >= 0.6 is 0 Å². The number of methoxy groups -OCH3 is 1. The second-order valence-electron chi connectivity index (χ2n) is 5.34. The highest BCUT2D eigenvalue weighted by Gasteiger charge is 2.11. The van der Waals surface area contributed by atoms with E-state index >= 15 is 0 Å². The van der Waals surface area contributed by atoms with Crippen LogP contribution in [0.3, 0.4) is 0 Å². The second-order valence-corrected chi connectivity index (χ2v) is 5.34. The average molecular weight is 320 g/mol. The van der Waals surface area contributed by atoms with E-state index in [1.807, 2.05) is 26.0 Å². The molecule has 23 heavy (non-hydrogen) atoms. The second kappa shape index (κ2) is 9.74. The number of benzene rings is 1. The molecule has 0 aliphatic rings. The van der Waals surface area contributed by atoms with Crippen molar-refractivity contribution in [2.45, 2.75) is 26.7 Å². The van der Waals surface area contributed by atoms with E-state index in [1.54, 1.807) is 13.2 Å². The van der Waals surface area contributed by atoms with Crippen molar-refractivity contribution in [1.82, 2.24) is 10.6 Å². The van der Waals surface area contributed by atoms with Crippen LogP contribution in [0.5, 0.6) is 0 Å². The number of carbonyl (C=O) groups excluding carboxylic acids is 3. The highest BCUT2D eigenvalue weighted by atomic mass is 16.5. The van der Waals surface area contributed by atoms with Crippen LogP contribution in [0.25, 0.3) is 0 Å². The summed E-state index contributed by atoms with van der Waals surface area (Å²) in [6.07, 6.45) is 0.191. The number of nitrogens with one attached hydrogen (secondary N) is 2. The van der Waals surface area contributed by atoms with E-state index in [1.165, 1.54) is 0 Å². The van der Waals surface area contributed by atoms with E-state index in [2.05, 4.69) is 10.6 Å². The predicted octanol–water partition coefficient (Wildman–Crippen LogP) is 1.15. The molecule has 0 aliphatic carbocycles. The van der Waals surface area contributed by atoms with Crippen molar-refractivity contribution in [2.24, 2.45) is 0 Å². The molecule has 0 aromatic heterocycles. The van der Waals surface area contributed by atoms with E-state index in [0.717, 1.165) is 11.1 Å². The van der Waals surface area contributed by atoms with Crippen molar-refractivity contribution in [3.63, 3.8) is 0 Å². The summed E-state index contributed by atoms with van der Waals surface area (Å²) < 4.78 is 4.80. The van der Waals surface area contributed by atoms with Gasteiger partial charge in [0.25, 0.3) is 0 Å². The quantitative estimate of drug-likeness (QED) is 0.528. The molecule has 6 nitrogen and oxygen atoms in total. The molecule has 0 saturated carbocycles. The molecule has 0 spiro atoms. The molecular formula is C17H24N2O4. The maximum atomic E-state index is 12.1. The first-order chi connectivity index (χ1) is 10.9. The largest absolute Gasteiger partial charge is 0.383 e. The predicted molar refractivity (Wildman–Crippen MR) is 87.4 cm³/mol. The molecule has 0 radical (unpaired) electrons. The van der Waals surface area contributed by atoms with Gasteiger partial charge in [0.05, 0.1) is 13.2 Å². The number of ether oxygens (including phenoxy) is 1. The Morgan fingerprint density at radius 2 is 1.74 bits per heavy atom. The molecule has 1 rings (SSSR count). The van der Waals surface area contributed by atoms with E-state index < -0.39 is 0 Å². The number of carbonyl (C=O) groups is 3. The zero-order valence-corrected chi connectivity index (χ0v) is 13.9. The number of Topliss-reactive ketones (excluding diaryl/α,β-unsaturated/α-hetero) is 1. The molecule has 0 fully saturated rings. The third-order valence-corrected chi connectivity index (χ3v) is 3.48. The Balaban J connectivity index is 2.31. The minimum atomic E-state index is -0.316. The molecule has 0 saturated heterocycles. The molecule has 2 N–H and O–H groups in total. The van der Waals surface area contributed by atoms with Crippen LogP contribution in [0.15, 0.2) is 18.2 Å². The Morgan fingerprint density at radius 3 is 2.39 bits per heavy atom. The Labute approximate surface area is 136 Å². The fourth-order valence-corrected chi connectivity index (χ4v) is 1.91. The molecule has 1 aromatic rings. The number of aryl methyl sites for hydroxylation is 2. The lowest BCUT2D eigenvalue weighted by atomic mass is 10.0. The van der Waals surface area contributed by atoms with Crippen molar-refractivity contribution >= 4 is 17.6 Å². The maximum Gasteiger partial charge on any atom is 0.239 e. The van der Waals surface area contributed by atoms with Gasteiger partial charge in [-0.25, -0.2) is 0 Å². The first kappa shape index (κ1) is 18.8. The van der Waals surface area contributed by atoms with Gasteiger partial charge in [-0.05, 0) is 31.0 Å². The minimum absolute atomic E-state index is 0.0666. The summed E-state index contributed by atoms with van der Waals surface area (Å²) in [5, 5.41) is 5.09. The lowest BCUT2D eigenvalue weighted by Gasteiger charge is -2.07. The summed E-state index contributed by atoms with van der Waals surface area (Å²) in [7, 11) is 1.54. The van der Waals surface area contributed by atoms with Crippen molar-refractivity contribution in [3.05, 3.63) is 34.9 Å². The topological polar surface area (TPSA) is 84.5 Å². The van der Waals surface area contributed by atoms with Gasteiger partial charge >= 0.3 is 0 Å². The van der Waals surface area contributed by atoms with Crippen LogP contribution in [0.1, 0.15) is 34.3 Å². The van der Waals surface area contributed by atoms with Crippen LogP contribution in [-0.4, -0.2) is 44.4 Å². The van der Waals surface area contributed by atoms with Crippen LogP contribution in [0.4, 0.5) is 0 Å². The Kier molecular flexibility index (Phi) is 7.97. The summed E-state index contributed by atoms with van der Waals surface area (Å²) in [6, 6.07) is 5.50. The average Bonchev–Trinajstić information content (AvgIpc) is 2.53. The zero-order chi connectivity index (χ0) is 17.2. The van der Waals surface area contributed by atoms with Gasteiger partial charge in [-0.3, -0.25) is 14.4 Å². The van der Waals surface area contributed by atoms with Gasteiger partial charge in [-0.2, -0.15) is 0 Å². The molecule has 0 bridgehead atoms. The van der Waals surface area contributed by atoms with E-state index in [4.69, 9.17) is 4.74 Å². The van der Waals surface area contributed by atoms with Gasteiger partial charge in [0.15, 0.2) is 5.78 Å². The number of rotatable bonds is 9. The first-order valence-corrected chi connectivity index (χ1v) is 7.57. The fraction of sp³-hybridized carbons (Fsp3) is 0.471. The molecule has 0 atom stereocenters. The van der Waals surface area contributed by atoms with Gasteiger partial charge in [0.1, 0.15) is 0 Å². The molecule has 0 aliphatic heterocycles. The molecule has 2 amide bonds. The number of hydrogen-bond donors (Lipinski definition) is 2. The summed E-state index contributed by atoms with van der Waals surface area (Å²) in [5.41, 5.74) is 2.78. The molecule has 6 heteroatoms. The third-order valence-electron chi connectivity index (χ3n) is 3.48. The molecule has 126 valence electrons. The number of hydrogen-bond acceptors (Lipinski definition) is 4. The number of amides is 2. The lowest BCUT2D eigenvalue weighted by molar-refractivity contribution is -0.126. The van der Waals surface area contributed by atoms with Gasteiger partial charge in [0, 0.05) is 32.1 Å². The van der Waals surface area contributed by atoms with Crippen LogP contribution in [-0.2, 0) is 14.3 Å². The molecular weight excluding hydrogens is 296 g/mol. The first-order valence-electron chi connectivity index (χ1n) is 7.57. The molecule has 0 unspecified atom stereocenters. The Hall–Kier alpha value is -2.21. The van der Waals surface area contributed by atoms with Crippen LogP contribution in [0.2, 0.25) is 0 Å². The van der Waals surface area contributed by atoms with E-state index in [0.29, 0.717) is 18.7 Å². The standard InChI is InChI=1S/C17H24N2O4/c1-12-4-5-14(10-13(12)2)15(20)6-7-16(21)19-11-17(22)18-8-9-23-3/h4-5,10H,6-9,11H2,1-3H3,(H,18,22)(H,19,21). The van der Waals surface area contributed by atoms with E-state index in [-0.39, 0.29) is 37.0 Å². The molecule has 0 heterocycles. The van der Waals surface area contributed by atoms with Crippen molar-refractivity contribution < 1.29 is 19.1 Å². The normalized spacial score (nSPS) is 10.2. The SMILES string of the molecule is COCCNC(=O)CNC(=O)CCC(=O)c1ccc(C)c(C)c1. The molecule has 1 aromatic carbocycles. The zero-order valence-electron chi connectivity index (χ0n) is 13.9. The third kappa shape index (κ3) is 7.06. The highest BCUT2D eigenvalue weighted by Crippen LogP contribution is 2.12. The van der Waals surface area contributed by atoms with Crippen LogP contribution < -0.4 is 10.6 Å². The smallest absolute Gasteiger partial charge is 0.239 e.